The molecule has 0 saturated heterocycles. The van der Waals surface area contributed by atoms with Gasteiger partial charge in [0, 0.05) is 18.8 Å². The summed E-state index contributed by atoms with van der Waals surface area (Å²) in [6.07, 6.45) is 6.76. The summed E-state index contributed by atoms with van der Waals surface area (Å²) in [7, 11) is 1.46. The van der Waals surface area contributed by atoms with Gasteiger partial charge in [-0.25, -0.2) is 9.78 Å². The highest BCUT2D eigenvalue weighted by Crippen LogP contribution is 2.41. The first kappa shape index (κ1) is 14.1. The summed E-state index contributed by atoms with van der Waals surface area (Å²) < 4.78 is 7.12. The van der Waals surface area contributed by atoms with Crippen molar-refractivity contribution in [3.05, 3.63) is 18.2 Å². The molecule has 1 aromatic rings. The van der Waals surface area contributed by atoms with Gasteiger partial charge in [0.25, 0.3) is 0 Å². The Labute approximate surface area is 114 Å². The predicted molar refractivity (Wildman–Crippen MR) is 72.8 cm³/mol. The summed E-state index contributed by atoms with van der Waals surface area (Å²) in [4.78, 5) is 16.6. The highest BCUT2D eigenvalue weighted by Gasteiger charge is 2.51. The van der Waals surface area contributed by atoms with Crippen LogP contribution in [-0.2, 0) is 22.5 Å². The lowest BCUT2D eigenvalue weighted by molar-refractivity contribution is -0.150. The van der Waals surface area contributed by atoms with Crippen LogP contribution in [-0.4, -0.2) is 34.7 Å². The van der Waals surface area contributed by atoms with Crippen molar-refractivity contribution < 1.29 is 9.53 Å². The van der Waals surface area contributed by atoms with Gasteiger partial charge < -0.3 is 14.6 Å². The summed E-state index contributed by atoms with van der Waals surface area (Å²) in [6.45, 7) is 5.45. The molecule has 106 valence electrons. The van der Waals surface area contributed by atoms with E-state index in [9.17, 15) is 4.79 Å². The van der Waals surface area contributed by atoms with Gasteiger partial charge in [0.2, 0.25) is 0 Å². The number of hydrogen-bond acceptors (Lipinski definition) is 4. The molecular weight excluding hydrogens is 242 g/mol. The molecule has 5 nitrogen and oxygen atoms in total. The summed E-state index contributed by atoms with van der Waals surface area (Å²) in [6, 6.07) is 0. The molecule has 1 unspecified atom stereocenters. The third-order valence-corrected chi connectivity index (χ3v) is 3.85. The van der Waals surface area contributed by atoms with Crippen molar-refractivity contribution in [2.24, 2.45) is 5.92 Å². The number of imidazole rings is 1. The second-order valence-electron chi connectivity index (χ2n) is 5.09. The number of nitrogens with one attached hydrogen (secondary N) is 1. The van der Waals surface area contributed by atoms with Crippen molar-refractivity contribution >= 4 is 5.97 Å². The third-order valence-electron chi connectivity index (χ3n) is 3.85. The monoisotopic (exact) mass is 265 g/mol. The number of likely N-dealkylation sites (N-methyl/N-ethyl adjacent to an activating group) is 1. The lowest BCUT2D eigenvalue weighted by atomic mass is 9.92. The fraction of sp³-hybridized carbons (Fsp3) is 0.714. The van der Waals surface area contributed by atoms with Crippen LogP contribution in [0.1, 0.15) is 32.5 Å². The SMILES string of the molecule is CCNC(Cn1ccnc1CC)(C(=O)OC)C1CC1. The first-order chi connectivity index (χ1) is 9.17. The molecule has 2 rings (SSSR count). The minimum absolute atomic E-state index is 0.160. The number of aryl methyl sites for hydroxylation is 1. The van der Waals surface area contributed by atoms with E-state index in [1.54, 1.807) is 6.20 Å². The van der Waals surface area contributed by atoms with E-state index in [1.165, 1.54) is 7.11 Å². The largest absolute Gasteiger partial charge is 0.468 e. The molecule has 0 aliphatic heterocycles. The predicted octanol–water partition coefficient (Wildman–Crippen LogP) is 1.38. The number of methoxy groups -OCH3 is 1. The summed E-state index contributed by atoms with van der Waals surface area (Å²) >= 11 is 0. The smallest absolute Gasteiger partial charge is 0.328 e. The van der Waals surface area contributed by atoms with Crippen LogP contribution in [0.15, 0.2) is 12.4 Å². The van der Waals surface area contributed by atoms with E-state index >= 15 is 0 Å². The Balaban J connectivity index is 2.29. The average Bonchev–Trinajstić information content (AvgIpc) is 3.18. The third kappa shape index (κ3) is 2.66. The molecular formula is C14H23N3O2. The zero-order valence-corrected chi connectivity index (χ0v) is 12.0. The Bertz CT molecular complexity index is 440. The summed E-state index contributed by atoms with van der Waals surface area (Å²) in [5, 5.41) is 3.38. The number of rotatable bonds is 7. The summed E-state index contributed by atoms with van der Waals surface area (Å²) in [5.41, 5.74) is -0.603. The molecule has 1 aliphatic rings. The Kier molecular flexibility index (Phi) is 4.24. The van der Waals surface area contributed by atoms with E-state index in [1.807, 2.05) is 13.1 Å². The fourth-order valence-corrected chi connectivity index (χ4v) is 2.77. The first-order valence-electron chi connectivity index (χ1n) is 7.01. The van der Waals surface area contributed by atoms with Crippen molar-refractivity contribution in [3.63, 3.8) is 0 Å². The van der Waals surface area contributed by atoms with Crippen LogP contribution in [0.25, 0.3) is 0 Å². The van der Waals surface area contributed by atoms with Crippen LogP contribution >= 0.6 is 0 Å². The fourth-order valence-electron chi connectivity index (χ4n) is 2.77. The van der Waals surface area contributed by atoms with E-state index in [0.717, 1.165) is 31.6 Å². The van der Waals surface area contributed by atoms with Crippen molar-refractivity contribution in [3.8, 4) is 0 Å². The Hall–Kier alpha value is -1.36. The maximum Gasteiger partial charge on any atom is 0.328 e. The van der Waals surface area contributed by atoms with Gasteiger partial charge in [-0.15, -0.1) is 0 Å². The lowest BCUT2D eigenvalue weighted by Crippen LogP contribution is -2.57. The number of nitrogens with zero attached hydrogens (tertiary/aromatic N) is 2. The molecule has 1 atom stereocenters. The van der Waals surface area contributed by atoms with Gasteiger partial charge in [-0.1, -0.05) is 13.8 Å². The molecule has 0 radical (unpaired) electrons. The maximum absolute atomic E-state index is 12.3. The van der Waals surface area contributed by atoms with Crippen molar-refractivity contribution in [1.82, 2.24) is 14.9 Å². The maximum atomic E-state index is 12.3. The van der Waals surface area contributed by atoms with Crippen molar-refractivity contribution in [2.75, 3.05) is 13.7 Å². The molecule has 0 bridgehead atoms. The minimum Gasteiger partial charge on any atom is -0.468 e. The van der Waals surface area contributed by atoms with Crippen LogP contribution in [0.2, 0.25) is 0 Å². The quantitative estimate of drug-likeness (QED) is 0.757. The molecule has 19 heavy (non-hydrogen) atoms. The number of carbonyl (C=O) groups is 1. The van der Waals surface area contributed by atoms with Crippen LogP contribution in [0.4, 0.5) is 0 Å². The van der Waals surface area contributed by atoms with E-state index < -0.39 is 5.54 Å². The van der Waals surface area contributed by atoms with Gasteiger partial charge in [0.05, 0.1) is 13.7 Å². The van der Waals surface area contributed by atoms with Crippen molar-refractivity contribution in [2.45, 2.75) is 45.2 Å². The highest BCUT2D eigenvalue weighted by atomic mass is 16.5. The molecule has 1 heterocycles. The van der Waals surface area contributed by atoms with Crippen LogP contribution < -0.4 is 5.32 Å². The number of carbonyl (C=O) groups excluding carboxylic acids is 1. The van der Waals surface area contributed by atoms with E-state index in [4.69, 9.17) is 4.74 Å². The topological polar surface area (TPSA) is 56.2 Å². The molecule has 1 fully saturated rings. The molecule has 0 aromatic carbocycles. The van der Waals surface area contributed by atoms with E-state index in [2.05, 4.69) is 21.8 Å². The lowest BCUT2D eigenvalue weighted by Gasteiger charge is -2.32. The average molecular weight is 265 g/mol. The van der Waals surface area contributed by atoms with Gasteiger partial charge in [0.15, 0.2) is 0 Å². The van der Waals surface area contributed by atoms with Gasteiger partial charge in [-0.3, -0.25) is 0 Å². The van der Waals surface area contributed by atoms with Crippen molar-refractivity contribution in [1.29, 1.82) is 0 Å². The van der Waals surface area contributed by atoms with Crippen LogP contribution in [0.5, 0.6) is 0 Å². The summed E-state index contributed by atoms with van der Waals surface area (Å²) in [5.74, 6) is 1.21. The van der Waals surface area contributed by atoms with Gasteiger partial charge in [-0.05, 0) is 25.3 Å². The first-order valence-corrected chi connectivity index (χ1v) is 7.01. The normalized spacial score (nSPS) is 18.1. The minimum atomic E-state index is -0.603. The van der Waals surface area contributed by atoms with Crippen LogP contribution in [0, 0.1) is 5.92 Å². The van der Waals surface area contributed by atoms with E-state index in [-0.39, 0.29) is 5.97 Å². The molecule has 1 aliphatic carbocycles. The van der Waals surface area contributed by atoms with Gasteiger partial charge in [-0.2, -0.15) is 0 Å². The molecule has 0 amide bonds. The molecule has 5 heteroatoms. The number of esters is 1. The molecule has 1 aromatic heterocycles. The van der Waals surface area contributed by atoms with Gasteiger partial charge in [0.1, 0.15) is 11.4 Å². The zero-order chi connectivity index (χ0) is 13.9. The second-order valence-corrected chi connectivity index (χ2v) is 5.09. The standard InChI is InChI=1S/C14H23N3O2/c1-4-12-15-8-9-17(12)10-14(16-5-2,11-6-7-11)13(18)19-3/h8-9,11,16H,4-7,10H2,1-3H3. The molecule has 1 saturated carbocycles. The Morgan fingerprint density at radius 1 is 1.58 bits per heavy atom. The van der Waals surface area contributed by atoms with Gasteiger partial charge >= 0.3 is 5.97 Å². The van der Waals surface area contributed by atoms with Crippen LogP contribution in [0.3, 0.4) is 0 Å². The second kappa shape index (κ2) is 5.74. The number of hydrogen-bond donors (Lipinski definition) is 1. The highest BCUT2D eigenvalue weighted by molar-refractivity contribution is 5.81. The zero-order valence-electron chi connectivity index (χ0n) is 12.0. The van der Waals surface area contributed by atoms with E-state index in [0.29, 0.717) is 12.5 Å². The Morgan fingerprint density at radius 3 is 2.84 bits per heavy atom. The molecule has 0 spiro atoms. The number of aromatic nitrogens is 2. The Morgan fingerprint density at radius 2 is 2.32 bits per heavy atom. The number of ether oxygens (including phenoxy) is 1. The molecule has 1 N–H and O–H groups in total.